The average molecular weight is 370 g/mol. The van der Waals surface area contributed by atoms with E-state index in [2.05, 4.69) is 50.4 Å². The summed E-state index contributed by atoms with van der Waals surface area (Å²) in [4.78, 5) is 11.9. The van der Waals surface area contributed by atoms with E-state index in [1.54, 1.807) is 0 Å². The Kier molecular flexibility index (Phi) is 5.32. The van der Waals surface area contributed by atoms with Crippen molar-refractivity contribution in [2.45, 2.75) is 44.4 Å². The van der Waals surface area contributed by atoms with Gasteiger partial charge in [0.25, 0.3) is 8.32 Å². The van der Waals surface area contributed by atoms with Crippen molar-refractivity contribution < 1.29 is 14.3 Å². The van der Waals surface area contributed by atoms with Crippen molar-refractivity contribution in [3.05, 3.63) is 60.7 Å². The van der Waals surface area contributed by atoms with Crippen LogP contribution in [0.3, 0.4) is 0 Å². The number of benzene rings is 2. The minimum Gasteiger partial charge on any atom is -0.402 e. The third kappa shape index (κ3) is 3.34. The topological polar surface area (TPSA) is 58.6 Å². The fourth-order valence-corrected chi connectivity index (χ4v) is 8.61. The first kappa shape index (κ1) is 18.8. The normalized spacial score (nSPS) is 20.8. The molecule has 1 saturated heterocycles. The standard InChI is InChI=1S/C21H27NO3Si/c1-21(2,3)26(16-10-6-4-7-11-16,17-12-8-5-9-13-17)25-19-14-20(24)22-18(19)15-23/h4-13,18-19,23H,14-15H2,1-3H3,(H,22,24)/t18-,19?/m0/s1. The summed E-state index contributed by atoms with van der Waals surface area (Å²) in [5, 5.41) is 14.8. The Morgan fingerprint density at radius 3 is 1.96 bits per heavy atom. The minimum atomic E-state index is -2.71. The van der Waals surface area contributed by atoms with E-state index in [1.807, 2.05) is 36.4 Å². The van der Waals surface area contributed by atoms with Crippen molar-refractivity contribution in [3.63, 3.8) is 0 Å². The number of hydrogen-bond acceptors (Lipinski definition) is 3. The third-order valence-corrected chi connectivity index (χ3v) is 10.2. The lowest BCUT2D eigenvalue weighted by Gasteiger charge is -2.45. The van der Waals surface area contributed by atoms with E-state index in [0.717, 1.165) is 0 Å². The maximum absolute atomic E-state index is 11.9. The first-order valence-corrected chi connectivity index (χ1v) is 11.0. The van der Waals surface area contributed by atoms with Crippen LogP contribution in [-0.2, 0) is 9.22 Å². The molecule has 1 aliphatic heterocycles. The molecule has 2 atom stereocenters. The highest BCUT2D eigenvalue weighted by Crippen LogP contribution is 2.38. The zero-order chi connectivity index (χ0) is 18.8. The molecule has 1 heterocycles. The highest BCUT2D eigenvalue weighted by atomic mass is 28.4. The maximum atomic E-state index is 11.9. The van der Waals surface area contributed by atoms with Crippen LogP contribution in [0.2, 0.25) is 5.04 Å². The molecule has 2 aromatic carbocycles. The summed E-state index contributed by atoms with van der Waals surface area (Å²) in [6.45, 7) is 6.50. The first-order chi connectivity index (χ1) is 12.4. The maximum Gasteiger partial charge on any atom is 0.261 e. The molecule has 4 nitrogen and oxygen atoms in total. The Labute approximate surface area is 156 Å². The van der Waals surface area contributed by atoms with Gasteiger partial charge in [0, 0.05) is 0 Å². The molecule has 2 N–H and O–H groups in total. The number of aliphatic hydroxyl groups excluding tert-OH is 1. The largest absolute Gasteiger partial charge is 0.402 e. The van der Waals surface area contributed by atoms with Crippen LogP contribution in [0.5, 0.6) is 0 Å². The van der Waals surface area contributed by atoms with E-state index in [9.17, 15) is 9.90 Å². The zero-order valence-electron chi connectivity index (χ0n) is 15.6. The van der Waals surface area contributed by atoms with Crippen LogP contribution >= 0.6 is 0 Å². The smallest absolute Gasteiger partial charge is 0.261 e. The van der Waals surface area contributed by atoms with Crippen LogP contribution < -0.4 is 15.7 Å². The van der Waals surface area contributed by atoms with Gasteiger partial charge in [0.05, 0.1) is 25.2 Å². The molecule has 0 aromatic heterocycles. The van der Waals surface area contributed by atoms with Gasteiger partial charge in [-0.25, -0.2) is 0 Å². The number of amides is 1. The Hall–Kier alpha value is -1.95. The molecule has 0 saturated carbocycles. The number of nitrogens with one attached hydrogen (secondary N) is 1. The lowest BCUT2D eigenvalue weighted by molar-refractivity contribution is -0.119. The molecule has 1 fully saturated rings. The summed E-state index contributed by atoms with van der Waals surface area (Å²) in [7, 11) is -2.71. The van der Waals surface area contributed by atoms with E-state index in [-0.39, 0.29) is 36.1 Å². The monoisotopic (exact) mass is 369 g/mol. The van der Waals surface area contributed by atoms with E-state index in [0.29, 0.717) is 0 Å². The van der Waals surface area contributed by atoms with Gasteiger partial charge in [-0.2, -0.15) is 0 Å². The fraction of sp³-hybridized carbons (Fsp3) is 0.381. The van der Waals surface area contributed by atoms with Gasteiger partial charge in [0.1, 0.15) is 0 Å². The van der Waals surface area contributed by atoms with Gasteiger partial charge >= 0.3 is 0 Å². The second-order valence-electron chi connectivity index (χ2n) is 7.88. The zero-order valence-corrected chi connectivity index (χ0v) is 16.6. The van der Waals surface area contributed by atoms with E-state index in [4.69, 9.17) is 4.43 Å². The van der Waals surface area contributed by atoms with Crippen LogP contribution in [0, 0.1) is 0 Å². The molecule has 0 bridgehead atoms. The van der Waals surface area contributed by atoms with Crippen molar-refractivity contribution in [1.82, 2.24) is 5.32 Å². The van der Waals surface area contributed by atoms with Gasteiger partial charge in [0.2, 0.25) is 5.91 Å². The molecule has 0 spiro atoms. The highest BCUT2D eigenvalue weighted by molar-refractivity contribution is 6.99. The second-order valence-corrected chi connectivity index (χ2v) is 12.1. The van der Waals surface area contributed by atoms with E-state index >= 15 is 0 Å². The Morgan fingerprint density at radius 1 is 1.04 bits per heavy atom. The predicted octanol–water partition coefficient (Wildman–Crippen LogP) is 1.81. The fourth-order valence-electron chi connectivity index (χ4n) is 3.89. The molecule has 1 unspecified atom stereocenters. The van der Waals surface area contributed by atoms with Crippen LogP contribution in [0.4, 0.5) is 0 Å². The summed E-state index contributed by atoms with van der Waals surface area (Å²) in [5.41, 5.74) is 0. The van der Waals surface area contributed by atoms with E-state index in [1.165, 1.54) is 10.4 Å². The average Bonchev–Trinajstić information content (AvgIpc) is 2.99. The van der Waals surface area contributed by atoms with Crippen molar-refractivity contribution in [3.8, 4) is 0 Å². The minimum absolute atomic E-state index is 0.0630. The molecule has 0 aliphatic carbocycles. The van der Waals surface area contributed by atoms with Gasteiger partial charge in [-0.05, 0) is 15.4 Å². The van der Waals surface area contributed by atoms with Gasteiger partial charge in [-0.3, -0.25) is 4.79 Å². The molecule has 138 valence electrons. The molecule has 26 heavy (non-hydrogen) atoms. The molecule has 1 aliphatic rings. The first-order valence-electron chi connectivity index (χ1n) is 9.07. The van der Waals surface area contributed by atoms with Crippen LogP contribution in [0.25, 0.3) is 0 Å². The predicted molar refractivity (Wildman–Crippen MR) is 106 cm³/mol. The Bertz CT molecular complexity index is 703. The quantitative estimate of drug-likeness (QED) is 0.791. The summed E-state index contributed by atoms with van der Waals surface area (Å²) in [6, 6.07) is 20.3. The van der Waals surface area contributed by atoms with Crippen LogP contribution in [0.15, 0.2) is 60.7 Å². The Morgan fingerprint density at radius 2 is 1.54 bits per heavy atom. The van der Waals surface area contributed by atoms with Crippen LogP contribution in [0.1, 0.15) is 27.2 Å². The summed E-state index contributed by atoms with van der Waals surface area (Å²) in [5.74, 6) is -0.0630. The lowest BCUT2D eigenvalue weighted by atomic mass is 10.2. The van der Waals surface area contributed by atoms with Gasteiger partial charge in [-0.1, -0.05) is 81.4 Å². The van der Waals surface area contributed by atoms with Crippen LogP contribution in [-0.4, -0.2) is 38.1 Å². The molecule has 0 radical (unpaired) electrons. The third-order valence-electron chi connectivity index (χ3n) is 5.12. The van der Waals surface area contributed by atoms with Gasteiger partial charge in [-0.15, -0.1) is 0 Å². The van der Waals surface area contributed by atoms with Crippen molar-refractivity contribution in [1.29, 1.82) is 0 Å². The molecular formula is C21H27NO3Si. The molecule has 2 aromatic rings. The van der Waals surface area contributed by atoms with E-state index < -0.39 is 8.32 Å². The SMILES string of the molecule is CC(C)(C)[Si](OC1CC(=O)N[C@H]1CO)(c1ccccc1)c1ccccc1. The summed E-state index contributed by atoms with van der Waals surface area (Å²) >= 11 is 0. The lowest BCUT2D eigenvalue weighted by Crippen LogP contribution is -2.68. The summed E-state index contributed by atoms with van der Waals surface area (Å²) in [6.07, 6.45) is -0.0470. The second kappa shape index (κ2) is 7.35. The summed E-state index contributed by atoms with van der Waals surface area (Å²) < 4.78 is 6.91. The van der Waals surface area contributed by atoms with Crippen molar-refractivity contribution in [2.75, 3.05) is 6.61 Å². The molecule has 3 rings (SSSR count). The number of carbonyl (C=O) groups is 1. The highest BCUT2D eigenvalue weighted by Gasteiger charge is 2.53. The molecule has 5 heteroatoms. The molecular weight excluding hydrogens is 342 g/mol. The number of aliphatic hydroxyl groups is 1. The number of hydrogen-bond donors (Lipinski definition) is 2. The number of carbonyl (C=O) groups excluding carboxylic acids is 1. The molecule has 1 amide bonds. The van der Waals surface area contributed by atoms with Gasteiger partial charge in [0.15, 0.2) is 0 Å². The van der Waals surface area contributed by atoms with Crippen molar-refractivity contribution in [2.24, 2.45) is 0 Å². The Balaban J connectivity index is 2.16. The number of rotatable bonds is 5. The van der Waals surface area contributed by atoms with Crippen molar-refractivity contribution >= 4 is 24.6 Å². The van der Waals surface area contributed by atoms with Gasteiger partial charge < -0.3 is 14.8 Å².